The molecule has 6 rings (SSSR count). The topological polar surface area (TPSA) is 135 Å². The van der Waals surface area contributed by atoms with Gasteiger partial charge < -0.3 is 19.4 Å². The maximum absolute atomic E-state index is 11.9. The molecule has 0 atom stereocenters. The maximum atomic E-state index is 11.9. The summed E-state index contributed by atoms with van der Waals surface area (Å²) in [6.07, 6.45) is 9.93. The number of ether oxygens (including phenoxy) is 2. The fourth-order valence-electron chi connectivity index (χ4n) is 6.09. The normalized spacial score (nSPS) is 16.2. The molecule has 9 nitrogen and oxygen atoms in total. The van der Waals surface area contributed by atoms with E-state index in [1.165, 1.54) is 6.26 Å². The van der Waals surface area contributed by atoms with Crippen LogP contribution in [0.1, 0.15) is 65.5 Å². The number of halogens is 2. The van der Waals surface area contributed by atoms with Crippen LogP contribution in [-0.4, -0.2) is 56.9 Å². The number of hydrogen-bond donors (Lipinski definition) is 2. The minimum absolute atomic E-state index is 0.0291. The van der Waals surface area contributed by atoms with Gasteiger partial charge in [0.05, 0.1) is 4.90 Å². The molecule has 274 valence electrons. The molecule has 2 aromatic carbocycles. The van der Waals surface area contributed by atoms with Crippen LogP contribution in [0.3, 0.4) is 0 Å². The fourth-order valence-corrected chi connectivity index (χ4v) is 6.94. The van der Waals surface area contributed by atoms with E-state index < -0.39 is 9.84 Å². The summed E-state index contributed by atoms with van der Waals surface area (Å²) < 4.78 is 34.1. The van der Waals surface area contributed by atoms with Crippen molar-refractivity contribution in [2.75, 3.05) is 32.7 Å². The Morgan fingerprint density at radius 2 is 1.19 bits per heavy atom. The molecule has 12 heteroatoms. The third-order valence-corrected chi connectivity index (χ3v) is 10.8. The number of sulfone groups is 1. The van der Waals surface area contributed by atoms with Gasteiger partial charge in [0.15, 0.2) is 15.6 Å². The molecule has 2 aliphatic heterocycles. The zero-order valence-electron chi connectivity index (χ0n) is 29.1. The summed E-state index contributed by atoms with van der Waals surface area (Å²) in [6, 6.07) is 21.1. The quantitative estimate of drug-likeness (QED) is 0.168. The molecule has 0 bridgehead atoms. The molecule has 2 fully saturated rings. The fraction of sp³-hybridized carbons (Fsp3) is 0.325. The molecule has 0 radical (unpaired) electrons. The Morgan fingerprint density at radius 1 is 0.712 bits per heavy atom. The second-order valence-electron chi connectivity index (χ2n) is 13.0. The van der Waals surface area contributed by atoms with Gasteiger partial charge >= 0.3 is 0 Å². The molecule has 0 unspecified atom stereocenters. The van der Waals surface area contributed by atoms with E-state index in [0.29, 0.717) is 28.7 Å². The van der Waals surface area contributed by atoms with E-state index in [0.717, 1.165) is 85.8 Å². The highest BCUT2D eigenvalue weighted by atomic mass is 35.5. The van der Waals surface area contributed by atoms with Crippen LogP contribution < -0.4 is 11.1 Å². The van der Waals surface area contributed by atoms with Crippen LogP contribution in [0, 0.1) is 11.8 Å². The lowest BCUT2D eigenvalue weighted by Gasteiger charge is -2.21. The molecule has 2 aromatic heterocycles. The standard InChI is InChI=1S/C20H22ClNO4S.C20H20ClNO3/c1-27(24,25)17-4-2-14(3-5-17)12-16(13-15-8-10-26-11-9-15)19-7-6-18(21)20(23)22-19;1-13(23)15-2-4-16(5-3-15)17(12-14-8-10-25-11-9-14)19-7-6-18(21)20(24)22-19/h2-7,13,15H,8-12H2,1H3,(H,22,23);2-7,12,14H,8-11H2,1H3,(H,22,24)/b16-13+;17-12+. The van der Waals surface area contributed by atoms with Gasteiger partial charge in [-0.25, -0.2) is 8.42 Å². The van der Waals surface area contributed by atoms with Crippen molar-refractivity contribution in [1.82, 2.24) is 9.97 Å². The Labute approximate surface area is 313 Å². The molecule has 2 saturated heterocycles. The zero-order chi connectivity index (χ0) is 37.3. The third-order valence-electron chi connectivity index (χ3n) is 9.08. The molecule has 2 N–H and O–H groups in total. The molecule has 4 aromatic rings. The Balaban J connectivity index is 0.000000202. The van der Waals surface area contributed by atoms with Gasteiger partial charge in [-0.1, -0.05) is 71.8 Å². The number of Topliss-reactive ketones (excluding diaryl/α,β-unsaturated/α-hetero) is 1. The van der Waals surface area contributed by atoms with Crippen molar-refractivity contribution in [3.8, 4) is 0 Å². The zero-order valence-corrected chi connectivity index (χ0v) is 31.5. The van der Waals surface area contributed by atoms with E-state index in [2.05, 4.69) is 22.1 Å². The number of carbonyl (C=O) groups excluding carboxylic acids is 1. The summed E-state index contributed by atoms with van der Waals surface area (Å²) in [5.41, 5.74) is 5.33. The van der Waals surface area contributed by atoms with Crippen LogP contribution in [0.4, 0.5) is 0 Å². The molecular formula is C40H42Cl2N2O7S. The van der Waals surface area contributed by atoms with Gasteiger partial charge in [0.2, 0.25) is 0 Å². The predicted molar refractivity (Wildman–Crippen MR) is 206 cm³/mol. The number of hydrogen-bond acceptors (Lipinski definition) is 7. The average molecular weight is 766 g/mol. The first-order chi connectivity index (χ1) is 24.9. The van der Waals surface area contributed by atoms with E-state index >= 15 is 0 Å². The first-order valence-corrected chi connectivity index (χ1v) is 19.8. The first-order valence-electron chi connectivity index (χ1n) is 17.1. The van der Waals surface area contributed by atoms with Crippen LogP contribution in [0.2, 0.25) is 10.0 Å². The number of rotatable bonds is 9. The number of benzene rings is 2. The van der Waals surface area contributed by atoms with E-state index in [9.17, 15) is 22.8 Å². The SMILES string of the molecule is CC(=O)c1ccc(/C(=C\C2CCOCC2)c2ccc(Cl)c(=O)[nH]2)cc1.CS(=O)(=O)c1ccc(C/C(=C\C2CCOCC2)c2ccc(Cl)c(=O)[nH]2)cc1. The molecule has 2 aliphatic rings. The van der Waals surface area contributed by atoms with E-state index in [1.807, 2.05) is 42.5 Å². The number of ketones is 1. The number of aromatic amines is 2. The summed E-state index contributed by atoms with van der Waals surface area (Å²) in [6.45, 7) is 4.50. The first kappa shape index (κ1) is 39.2. The molecule has 4 heterocycles. The van der Waals surface area contributed by atoms with Crippen LogP contribution in [0.25, 0.3) is 11.1 Å². The van der Waals surface area contributed by atoms with E-state index in [-0.39, 0.29) is 26.9 Å². The number of allylic oxidation sites excluding steroid dienone is 3. The minimum atomic E-state index is -3.22. The average Bonchev–Trinajstić information content (AvgIpc) is 3.14. The van der Waals surface area contributed by atoms with Crippen LogP contribution >= 0.6 is 23.2 Å². The smallest absolute Gasteiger partial charge is 0.267 e. The monoisotopic (exact) mass is 764 g/mol. The lowest BCUT2D eigenvalue weighted by Crippen LogP contribution is -2.15. The van der Waals surface area contributed by atoms with Crippen molar-refractivity contribution in [1.29, 1.82) is 0 Å². The number of nitrogens with one attached hydrogen (secondary N) is 2. The Kier molecular flexibility index (Phi) is 13.6. The number of carbonyl (C=O) groups is 1. The second-order valence-corrected chi connectivity index (χ2v) is 15.8. The molecular weight excluding hydrogens is 723 g/mol. The second kappa shape index (κ2) is 18.1. The minimum Gasteiger partial charge on any atom is -0.381 e. The van der Waals surface area contributed by atoms with Crippen molar-refractivity contribution in [2.45, 2.75) is 43.9 Å². The molecule has 0 aliphatic carbocycles. The summed E-state index contributed by atoms with van der Waals surface area (Å²) >= 11 is 11.7. The van der Waals surface area contributed by atoms with E-state index in [4.69, 9.17) is 32.7 Å². The summed E-state index contributed by atoms with van der Waals surface area (Å²) in [5.74, 6) is 0.792. The lowest BCUT2D eigenvalue weighted by molar-refractivity contribution is 0.0785. The Bertz CT molecular complexity index is 2140. The van der Waals surface area contributed by atoms with Crippen molar-refractivity contribution >= 4 is 50.0 Å². The summed E-state index contributed by atoms with van der Waals surface area (Å²) in [5, 5.41) is 0.322. The van der Waals surface area contributed by atoms with Crippen LogP contribution in [0.5, 0.6) is 0 Å². The molecule has 52 heavy (non-hydrogen) atoms. The molecule has 0 spiro atoms. The number of H-pyrrole nitrogens is 2. The van der Waals surface area contributed by atoms with Gasteiger partial charge in [0, 0.05) is 55.2 Å². The van der Waals surface area contributed by atoms with Crippen molar-refractivity contribution in [2.24, 2.45) is 11.8 Å². The highest BCUT2D eigenvalue weighted by molar-refractivity contribution is 7.90. The molecule has 0 amide bonds. The number of aromatic nitrogens is 2. The maximum Gasteiger partial charge on any atom is 0.267 e. The van der Waals surface area contributed by atoms with Gasteiger partial charge in [0.25, 0.3) is 11.1 Å². The van der Waals surface area contributed by atoms with Gasteiger partial charge in [-0.05, 0) is 104 Å². The van der Waals surface area contributed by atoms with Gasteiger partial charge in [-0.15, -0.1) is 0 Å². The van der Waals surface area contributed by atoms with Crippen molar-refractivity contribution < 1.29 is 22.7 Å². The highest BCUT2D eigenvalue weighted by Crippen LogP contribution is 2.28. The van der Waals surface area contributed by atoms with Gasteiger partial charge in [0.1, 0.15) is 10.0 Å². The van der Waals surface area contributed by atoms with Crippen molar-refractivity contribution in [3.63, 3.8) is 0 Å². The van der Waals surface area contributed by atoms with Gasteiger partial charge in [-0.2, -0.15) is 0 Å². The highest BCUT2D eigenvalue weighted by Gasteiger charge is 2.17. The summed E-state index contributed by atoms with van der Waals surface area (Å²) in [7, 11) is -3.22. The van der Waals surface area contributed by atoms with Crippen LogP contribution in [-0.2, 0) is 25.7 Å². The third kappa shape index (κ3) is 11.0. The largest absolute Gasteiger partial charge is 0.381 e. The van der Waals surface area contributed by atoms with E-state index in [1.54, 1.807) is 37.3 Å². The predicted octanol–water partition coefficient (Wildman–Crippen LogP) is 7.57. The number of pyridine rings is 2. The van der Waals surface area contributed by atoms with Gasteiger partial charge in [-0.3, -0.25) is 14.4 Å². The Hall–Kier alpha value is -4.06. The van der Waals surface area contributed by atoms with Crippen molar-refractivity contribution in [3.05, 3.63) is 144 Å². The van der Waals surface area contributed by atoms with Crippen LogP contribution in [0.15, 0.2) is 99.4 Å². The molecule has 0 saturated carbocycles. The lowest BCUT2D eigenvalue weighted by atomic mass is 9.92. The summed E-state index contributed by atoms with van der Waals surface area (Å²) in [4.78, 5) is 41.4. The Morgan fingerprint density at radius 3 is 1.69 bits per heavy atom.